The number of benzene rings is 2. The highest BCUT2D eigenvalue weighted by atomic mass is 32.1. The molecule has 4 rings (SSSR count). The Bertz CT molecular complexity index is 941. The van der Waals surface area contributed by atoms with E-state index in [0.29, 0.717) is 10.7 Å². The average Bonchev–Trinajstić information content (AvgIpc) is 3.18. The molecule has 0 bridgehead atoms. The summed E-state index contributed by atoms with van der Waals surface area (Å²) in [6.07, 6.45) is 1.65. The zero-order valence-corrected chi connectivity index (χ0v) is 14.9. The van der Waals surface area contributed by atoms with Gasteiger partial charge >= 0.3 is 0 Å². The van der Waals surface area contributed by atoms with Crippen LogP contribution in [0.25, 0.3) is 0 Å². The second-order valence-electron chi connectivity index (χ2n) is 6.16. The Balaban J connectivity index is 1.83. The Hall–Kier alpha value is -2.99. The van der Waals surface area contributed by atoms with Gasteiger partial charge in [-0.25, -0.2) is 4.98 Å². The summed E-state index contributed by atoms with van der Waals surface area (Å²) >= 11 is 1.37. The van der Waals surface area contributed by atoms with E-state index in [2.05, 4.69) is 10.3 Å². The molecule has 2 amide bonds. The van der Waals surface area contributed by atoms with Crippen LogP contribution >= 0.6 is 11.3 Å². The Morgan fingerprint density at radius 3 is 2.58 bits per heavy atom. The number of hydrogen-bond acceptors (Lipinski definition) is 4. The van der Waals surface area contributed by atoms with E-state index < -0.39 is 5.92 Å². The van der Waals surface area contributed by atoms with E-state index in [1.165, 1.54) is 11.3 Å². The molecular formula is C20H17N3O2S. The van der Waals surface area contributed by atoms with Crippen LogP contribution in [0, 0.1) is 0 Å². The van der Waals surface area contributed by atoms with Crippen LogP contribution in [0.2, 0.25) is 0 Å². The van der Waals surface area contributed by atoms with E-state index in [4.69, 9.17) is 0 Å². The predicted octanol–water partition coefficient (Wildman–Crippen LogP) is 3.69. The van der Waals surface area contributed by atoms with E-state index in [9.17, 15) is 9.59 Å². The number of fused-ring (bicyclic) bond motifs is 1. The number of anilines is 1. The van der Waals surface area contributed by atoms with Gasteiger partial charge in [-0.3, -0.25) is 9.59 Å². The van der Waals surface area contributed by atoms with Crippen molar-refractivity contribution in [3.8, 4) is 0 Å². The van der Waals surface area contributed by atoms with Gasteiger partial charge in [0.25, 0.3) is 5.91 Å². The lowest BCUT2D eigenvalue weighted by molar-refractivity contribution is -0.119. The first-order valence-electron chi connectivity index (χ1n) is 8.28. The number of hydrogen-bond donors (Lipinski definition) is 1. The summed E-state index contributed by atoms with van der Waals surface area (Å²) in [6.45, 7) is 0. The third kappa shape index (κ3) is 2.78. The molecule has 130 valence electrons. The zero-order valence-electron chi connectivity index (χ0n) is 14.1. The molecule has 0 saturated carbocycles. The minimum Gasteiger partial charge on any atom is -0.334 e. The quantitative estimate of drug-likeness (QED) is 0.772. The first-order chi connectivity index (χ1) is 12.7. The van der Waals surface area contributed by atoms with Crippen molar-refractivity contribution in [2.75, 3.05) is 12.4 Å². The Morgan fingerprint density at radius 1 is 1.12 bits per heavy atom. The van der Waals surface area contributed by atoms with Gasteiger partial charge in [0.1, 0.15) is 0 Å². The predicted molar refractivity (Wildman–Crippen MR) is 101 cm³/mol. The second kappa shape index (κ2) is 6.72. The normalized spacial score (nSPS) is 19.1. The van der Waals surface area contributed by atoms with Crippen molar-refractivity contribution < 1.29 is 9.59 Å². The lowest BCUT2D eigenvalue weighted by Crippen LogP contribution is -2.44. The lowest BCUT2D eigenvalue weighted by Gasteiger charge is -2.39. The van der Waals surface area contributed by atoms with Gasteiger partial charge in [-0.2, -0.15) is 0 Å². The number of nitrogens with one attached hydrogen (secondary N) is 1. The molecule has 1 aliphatic heterocycles. The first-order valence-corrected chi connectivity index (χ1v) is 9.16. The molecule has 1 N–H and O–H groups in total. The average molecular weight is 363 g/mol. The maximum absolute atomic E-state index is 13.2. The largest absolute Gasteiger partial charge is 0.334 e. The molecular weight excluding hydrogens is 346 g/mol. The van der Waals surface area contributed by atoms with Crippen LogP contribution in [-0.4, -0.2) is 28.7 Å². The van der Waals surface area contributed by atoms with Crippen molar-refractivity contribution in [1.29, 1.82) is 0 Å². The van der Waals surface area contributed by atoms with E-state index in [-0.39, 0.29) is 17.9 Å². The fourth-order valence-corrected chi connectivity index (χ4v) is 4.02. The SMILES string of the molecule is CN1C(=O)c2ccccc2[C@@H](C(=O)Nc2nccs2)[C@H]1c1ccccc1. The monoisotopic (exact) mass is 363 g/mol. The van der Waals surface area contributed by atoms with Crippen molar-refractivity contribution in [1.82, 2.24) is 9.88 Å². The van der Waals surface area contributed by atoms with Crippen molar-refractivity contribution in [2.45, 2.75) is 12.0 Å². The number of thiazole rings is 1. The molecule has 3 aromatic rings. The minimum atomic E-state index is -0.514. The van der Waals surface area contributed by atoms with Gasteiger partial charge in [0.05, 0.1) is 12.0 Å². The highest BCUT2D eigenvalue weighted by molar-refractivity contribution is 7.13. The number of aromatic nitrogens is 1. The number of nitrogens with zero attached hydrogens (tertiary/aromatic N) is 2. The molecule has 6 heteroatoms. The van der Waals surface area contributed by atoms with E-state index >= 15 is 0 Å². The molecule has 1 aliphatic rings. The maximum Gasteiger partial charge on any atom is 0.254 e. The molecule has 0 fully saturated rings. The Labute approximate surface area is 155 Å². The minimum absolute atomic E-state index is 0.0762. The zero-order chi connectivity index (χ0) is 18.1. The molecule has 2 aromatic carbocycles. The number of amides is 2. The molecule has 1 aromatic heterocycles. The first kappa shape index (κ1) is 16.5. The summed E-state index contributed by atoms with van der Waals surface area (Å²) in [7, 11) is 1.75. The number of carbonyl (C=O) groups excluding carboxylic acids is 2. The molecule has 0 saturated heterocycles. The van der Waals surface area contributed by atoms with Gasteiger partial charge < -0.3 is 10.2 Å². The third-order valence-electron chi connectivity index (χ3n) is 4.67. The smallest absolute Gasteiger partial charge is 0.254 e. The van der Waals surface area contributed by atoms with Gasteiger partial charge in [-0.05, 0) is 17.2 Å². The van der Waals surface area contributed by atoms with Crippen LogP contribution in [-0.2, 0) is 4.79 Å². The summed E-state index contributed by atoms with van der Waals surface area (Å²) in [5.41, 5.74) is 2.25. The molecule has 0 unspecified atom stereocenters. The van der Waals surface area contributed by atoms with Crippen LogP contribution in [0.5, 0.6) is 0 Å². The Morgan fingerprint density at radius 2 is 1.85 bits per heavy atom. The lowest BCUT2D eigenvalue weighted by atomic mass is 9.79. The summed E-state index contributed by atoms with van der Waals surface area (Å²) in [5, 5.41) is 5.27. The molecule has 2 atom stereocenters. The van der Waals surface area contributed by atoms with Crippen LogP contribution in [0.1, 0.15) is 33.4 Å². The van der Waals surface area contributed by atoms with E-state index in [1.807, 2.05) is 53.9 Å². The molecule has 0 aliphatic carbocycles. The van der Waals surface area contributed by atoms with Crippen LogP contribution in [0.15, 0.2) is 66.2 Å². The highest BCUT2D eigenvalue weighted by Crippen LogP contribution is 2.42. The topological polar surface area (TPSA) is 62.3 Å². The van der Waals surface area contributed by atoms with Crippen molar-refractivity contribution >= 4 is 28.3 Å². The Kier molecular flexibility index (Phi) is 4.26. The van der Waals surface area contributed by atoms with Gasteiger partial charge in [0.15, 0.2) is 5.13 Å². The second-order valence-corrected chi connectivity index (χ2v) is 7.06. The van der Waals surface area contributed by atoms with Crippen molar-refractivity contribution in [3.63, 3.8) is 0 Å². The van der Waals surface area contributed by atoms with Gasteiger partial charge in [-0.1, -0.05) is 48.5 Å². The van der Waals surface area contributed by atoms with Crippen LogP contribution in [0.4, 0.5) is 5.13 Å². The molecule has 2 heterocycles. The van der Waals surface area contributed by atoms with E-state index in [1.54, 1.807) is 24.2 Å². The number of rotatable bonds is 3. The van der Waals surface area contributed by atoms with Gasteiger partial charge in [0.2, 0.25) is 5.91 Å². The van der Waals surface area contributed by atoms with Gasteiger partial charge in [0, 0.05) is 24.2 Å². The van der Waals surface area contributed by atoms with E-state index in [0.717, 1.165) is 11.1 Å². The molecule has 5 nitrogen and oxygen atoms in total. The van der Waals surface area contributed by atoms with Crippen LogP contribution in [0.3, 0.4) is 0 Å². The molecule has 0 radical (unpaired) electrons. The third-order valence-corrected chi connectivity index (χ3v) is 5.35. The van der Waals surface area contributed by atoms with Crippen molar-refractivity contribution in [2.24, 2.45) is 0 Å². The standard InChI is InChI=1S/C20H17N3O2S/c1-23-17(13-7-3-2-4-8-13)16(18(24)22-20-21-11-12-26-20)14-9-5-6-10-15(14)19(23)25/h2-12,16-17H,1H3,(H,21,22,24)/t16-,17-/m1/s1. The van der Waals surface area contributed by atoms with Crippen LogP contribution < -0.4 is 5.32 Å². The summed E-state index contributed by atoms with van der Waals surface area (Å²) < 4.78 is 0. The van der Waals surface area contributed by atoms with Crippen molar-refractivity contribution in [3.05, 3.63) is 82.9 Å². The fraction of sp³-hybridized carbons (Fsp3) is 0.150. The summed E-state index contributed by atoms with van der Waals surface area (Å²) in [4.78, 5) is 31.9. The maximum atomic E-state index is 13.2. The summed E-state index contributed by atoms with van der Waals surface area (Å²) in [6, 6.07) is 16.6. The molecule has 26 heavy (non-hydrogen) atoms. The fourth-order valence-electron chi connectivity index (χ4n) is 3.49. The molecule has 0 spiro atoms. The summed E-state index contributed by atoms with van der Waals surface area (Å²) in [5.74, 6) is -0.756. The number of likely N-dealkylation sites (N-methyl/N-ethyl adjacent to an activating group) is 1. The highest BCUT2D eigenvalue weighted by Gasteiger charge is 2.42. The number of carbonyl (C=O) groups is 2. The van der Waals surface area contributed by atoms with Gasteiger partial charge in [-0.15, -0.1) is 11.3 Å².